The SMILES string of the molecule is OC1(C/C=C/c2ccccc2)c2ccccc2C2=NCCN21. The minimum absolute atomic E-state index is 0.553. The third-order valence-corrected chi connectivity index (χ3v) is 4.40. The third kappa shape index (κ3) is 1.97. The molecule has 2 aromatic rings. The predicted octanol–water partition coefficient (Wildman–Crippen LogP) is 3.01. The van der Waals surface area contributed by atoms with Gasteiger partial charge in [-0.2, -0.15) is 0 Å². The zero-order valence-electron chi connectivity index (χ0n) is 12.3. The van der Waals surface area contributed by atoms with E-state index in [0.717, 1.165) is 35.6 Å². The Kier molecular flexibility index (Phi) is 3.09. The second-order valence-corrected chi connectivity index (χ2v) is 5.74. The summed E-state index contributed by atoms with van der Waals surface area (Å²) in [5, 5.41) is 11.3. The Balaban J connectivity index is 1.66. The highest BCUT2D eigenvalue weighted by Crippen LogP contribution is 2.41. The first-order valence-corrected chi connectivity index (χ1v) is 7.65. The summed E-state index contributed by atoms with van der Waals surface area (Å²) in [7, 11) is 0. The first-order chi connectivity index (χ1) is 10.8. The summed E-state index contributed by atoms with van der Waals surface area (Å²) in [5.41, 5.74) is 2.20. The van der Waals surface area contributed by atoms with Crippen LogP contribution in [0.15, 0.2) is 65.7 Å². The first-order valence-electron chi connectivity index (χ1n) is 7.65. The summed E-state index contributed by atoms with van der Waals surface area (Å²) in [6.07, 6.45) is 4.66. The zero-order chi connectivity index (χ0) is 15.0. The van der Waals surface area contributed by atoms with E-state index in [2.05, 4.69) is 23.2 Å². The van der Waals surface area contributed by atoms with Crippen molar-refractivity contribution in [2.75, 3.05) is 13.1 Å². The molecule has 1 N–H and O–H groups in total. The van der Waals surface area contributed by atoms with Gasteiger partial charge in [0, 0.05) is 24.1 Å². The van der Waals surface area contributed by atoms with E-state index in [1.54, 1.807) is 0 Å². The van der Waals surface area contributed by atoms with E-state index in [1.807, 2.05) is 53.4 Å². The zero-order valence-corrected chi connectivity index (χ0v) is 12.3. The van der Waals surface area contributed by atoms with E-state index in [9.17, 15) is 5.11 Å². The molecular formula is C19H18N2O. The fourth-order valence-corrected chi connectivity index (χ4v) is 3.35. The number of aliphatic hydroxyl groups is 1. The average Bonchev–Trinajstić information content (AvgIpc) is 3.13. The lowest BCUT2D eigenvalue weighted by Crippen LogP contribution is -2.42. The van der Waals surface area contributed by atoms with Gasteiger partial charge in [0.15, 0.2) is 5.72 Å². The molecule has 3 heteroatoms. The van der Waals surface area contributed by atoms with Crippen LogP contribution < -0.4 is 0 Å². The van der Waals surface area contributed by atoms with Gasteiger partial charge in [-0.3, -0.25) is 4.99 Å². The lowest BCUT2D eigenvalue weighted by Gasteiger charge is -2.32. The number of hydrogen-bond donors (Lipinski definition) is 1. The van der Waals surface area contributed by atoms with Crippen molar-refractivity contribution in [1.82, 2.24) is 4.90 Å². The molecule has 2 aromatic carbocycles. The highest BCUT2D eigenvalue weighted by atomic mass is 16.3. The molecule has 3 nitrogen and oxygen atoms in total. The second kappa shape index (κ2) is 5.11. The number of amidine groups is 1. The van der Waals surface area contributed by atoms with Gasteiger partial charge < -0.3 is 10.0 Å². The van der Waals surface area contributed by atoms with E-state index < -0.39 is 5.72 Å². The van der Waals surface area contributed by atoms with Crippen molar-refractivity contribution in [2.24, 2.45) is 4.99 Å². The fourth-order valence-electron chi connectivity index (χ4n) is 3.35. The topological polar surface area (TPSA) is 35.8 Å². The van der Waals surface area contributed by atoms with Crippen molar-refractivity contribution in [3.05, 3.63) is 77.4 Å². The van der Waals surface area contributed by atoms with Gasteiger partial charge in [0.05, 0.1) is 6.54 Å². The molecule has 0 aromatic heterocycles. The quantitative estimate of drug-likeness (QED) is 0.943. The van der Waals surface area contributed by atoms with Gasteiger partial charge in [0.2, 0.25) is 0 Å². The number of rotatable bonds is 3. The van der Waals surface area contributed by atoms with Gasteiger partial charge in [-0.15, -0.1) is 0 Å². The van der Waals surface area contributed by atoms with Gasteiger partial charge >= 0.3 is 0 Å². The standard InChI is InChI=1S/C19H18N2O/c22-19(12-6-9-15-7-2-1-3-8-15)17-11-5-4-10-16(17)18-20-13-14-21(18)19/h1-11,22H,12-14H2/b9-6+. The number of hydrogen-bond acceptors (Lipinski definition) is 3. The predicted molar refractivity (Wildman–Crippen MR) is 88.5 cm³/mol. The minimum atomic E-state index is -0.975. The van der Waals surface area contributed by atoms with Crippen LogP contribution in [0.4, 0.5) is 0 Å². The smallest absolute Gasteiger partial charge is 0.169 e. The van der Waals surface area contributed by atoms with Crippen LogP contribution in [0.3, 0.4) is 0 Å². The lowest BCUT2D eigenvalue weighted by molar-refractivity contribution is -0.0612. The maximum absolute atomic E-state index is 11.3. The normalized spacial score (nSPS) is 22.8. The van der Waals surface area contributed by atoms with Crippen LogP contribution in [0, 0.1) is 0 Å². The first kappa shape index (κ1) is 13.3. The van der Waals surface area contributed by atoms with Crippen LogP contribution in [-0.4, -0.2) is 28.9 Å². The molecule has 22 heavy (non-hydrogen) atoms. The van der Waals surface area contributed by atoms with Gasteiger partial charge in [0.25, 0.3) is 0 Å². The van der Waals surface area contributed by atoms with Gasteiger partial charge in [-0.1, -0.05) is 66.7 Å². The molecule has 0 saturated heterocycles. The molecule has 0 fully saturated rings. The van der Waals surface area contributed by atoms with Crippen molar-refractivity contribution >= 4 is 11.9 Å². The second-order valence-electron chi connectivity index (χ2n) is 5.74. The van der Waals surface area contributed by atoms with Crippen LogP contribution >= 0.6 is 0 Å². The molecule has 1 unspecified atom stereocenters. The van der Waals surface area contributed by atoms with Crippen LogP contribution in [0.1, 0.15) is 23.1 Å². The van der Waals surface area contributed by atoms with Crippen LogP contribution in [0.25, 0.3) is 6.08 Å². The Hall–Kier alpha value is -2.39. The third-order valence-electron chi connectivity index (χ3n) is 4.40. The molecule has 0 radical (unpaired) electrons. The van der Waals surface area contributed by atoms with Crippen LogP contribution in [0.5, 0.6) is 0 Å². The molecular weight excluding hydrogens is 272 g/mol. The Morgan fingerprint density at radius 1 is 1.09 bits per heavy atom. The summed E-state index contributed by atoms with van der Waals surface area (Å²) < 4.78 is 0. The van der Waals surface area contributed by atoms with E-state index >= 15 is 0 Å². The summed E-state index contributed by atoms with van der Waals surface area (Å²) in [6, 6.07) is 18.2. The monoisotopic (exact) mass is 290 g/mol. The molecule has 110 valence electrons. The summed E-state index contributed by atoms with van der Waals surface area (Å²) in [5.74, 6) is 0.936. The molecule has 2 aliphatic rings. The molecule has 0 spiro atoms. The number of nitrogens with zero attached hydrogens (tertiary/aromatic N) is 2. The maximum Gasteiger partial charge on any atom is 0.169 e. The van der Waals surface area contributed by atoms with E-state index in [-0.39, 0.29) is 0 Å². The number of aliphatic imine (C=N–C) groups is 1. The Labute approximate surface area is 130 Å². The molecule has 1 atom stereocenters. The molecule has 0 amide bonds. The van der Waals surface area contributed by atoms with E-state index in [0.29, 0.717) is 6.42 Å². The number of benzene rings is 2. The molecule has 0 bridgehead atoms. The van der Waals surface area contributed by atoms with Crippen molar-refractivity contribution in [1.29, 1.82) is 0 Å². The maximum atomic E-state index is 11.3. The Bertz CT molecular complexity index is 751. The Morgan fingerprint density at radius 2 is 1.86 bits per heavy atom. The fraction of sp³-hybridized carbons (Fsp3) is 0.211. The molecule has 2 heterocycles. The molecule has 4 rings (SSSR count). The van der Waals surface area contributed by atoms with Crippen molar-refractivity contribution in [2.45, 2.75) is 12.1 Å². The van der Waals surface area contributed by atoms with Crippen LogP contribution in [0.2, 0.25) is 0 Å². The lowest BCUT2D eigenvalue weighted by atomic mass is 9.97. The summed E-state index contributed by atoms with van der Waals surface area (Å²) in [4.78, 5) is 6.59. The van der Waals surface area contributed by atoms with Crippen molar-refractivity contribution in [3.8, 4) is 0 Å². The highest BCUT2D eigenvalue weighted by Gasteiger charge is 2.47. The van der Waals surface area contributed by atoms with Crippen molar-refractivity contribution in [3.63, 3.8) is 0 Å². The molecule has 0 saturated carbocycles. The molecule has 0 aliphatic carbocycles. The highest BCUT2D eigenvalue weighted by molar-refractivity contribution is 6.04. The average molecular weight is 290 g/mol. The van der Waals surface area contributed by atoms with Gasteiger partial charge in [-0.25, -0.2) is 0 Å². The summed E-state index contributed by atoms with van der Waals surface area (Å²) in [6.45, 7) is 1.54. The van der Waals surface area contributed by atoms with Crippen LogP contribution in [-0.2, 0) is 5.72 Å². The molecule has 2 aliphatic heterocycles. The largest absolute Gasteiger partial charge is 0.366 e. The number of fused-ring (bicyclic) bond motifs is 3. The van der Waals surface area contributed by atoms with Crippen molar-refractivity contribution < 1.29 is 5.11 Å². The van der Waals surface area contributed by atoms with E-state index in [4.69, 9.17) is 0 Å². The summed E-state index contributed by atoms with van der Waals surface area (Å²) >= 11 is 0. The van der Waals surface area contributed by atoms with Gasteiger partial charge in [0.1, 0.15) is 5.84 Å². The Morgan fingerprint density at radius 3 is 2.73 bits per heavy atom. The van der Waals surface area contributed by atoms with E-state index in [1.165, 1.54) is 0 Å². The minimum Gasteiger partial charge on any atom is -0.366 e. The van der Waals surface area contributed by atoms with Gasteiger partial charge in [-0.05, 0) is 5.56 Å².